The fraction of sp³-hybridized carbons (Fsp3) is 0.135. The first-order valence-corrected chi connectivity index (χ1v) is 16.1. The van der Waals surface area contributed by atoms with E-state index in [-0.39, 0.29) is 12.1 Å². The Morgan fingerprint density at radius 1 is 0.571 bits per heavy atom. The Kier molecular flexibility index (Phi) is 8.60. The second kappa shape index (κ2) is 12.9. The van der Waals surface area contributed by atoms with E-state index in [9.17, 15) is 5.11 Å². The maximum atomic E-state index is 15.9. The monoisotopic (exact) mass is 570 g/mol. The third kappa shape index (κ3) is 5.81. The first-order chi connectivity index (χ1) is 20.6. The van der Waals surface area contributed by atoms with Crippen LogP contribution in [0.3, 0.4) is 0 Å². The fourth-order valence-electron chi connectivity index (χ4n) is 5.96. The number of aliphatic hydroxyl groups excluding tert-OH is 1. The van der Waals surface area contributed by atoms with E-state index in [0.29, 0.717) is 13.1 Å². The van der Waals surface area contributed by atoms with Crippen LogP contribution < -0.4 is 0 Å². The van der Waals surface area contributed by atoms with Crippen molar-refractivity contribution in [2.45, 2.75) is 31.0 Å². The van der Waals surface area contributed by atoms with Crippen molar-refractivity contribution in [3.63, 3.8) is 0 Å². The number of hydrogen-bond donors (Lipinski definition) is 1. The van der Waals surface area contributed by atoms with E-state index in [1.54, 1.807) is 6.08 Å². The van der Waals surface area contributed by atoms with Crippen LogP contribution >= 0.6 is 7.44 Å². The zero-order valence-electron chi connectivity index (χ0n) is 23.4. The Balaban J connectivity index is 1.56. The summed E-state index contributed by atoms with van der Waals surface area (Å²) in [6.45, 7) is 0.866. The Hall–Kier alpha value is -4.05. The predicted octanol–water partition coefficient (Wildman–Crippen LogP) is 8.71. The molecule has 0 amide bonds. The van der Waals surface area contributed by atoms with Gasteiger partial charge in [0.2, 0.25) is 7.44 Å². The van der Waals surface area contributed by atoms with Crippen molar-refractivity contribution in [3.8, 4) is 0 Å². The molecule has 1 aliphatic heterocycles. The van der Waals surface area contributed by atoms with Crippen LogP contribution in [0.1, 0.15) is 39.9 Å². The summed E-state index contributed by atoms with van der Waals surface area (Å²) < 4.78 is 20.1. The van der Waals surface area contributed by atoms with Gasteiger partial charge in [-0.3, -0.25) is 4.57 Å². The molecular weight excluding hydrogens is 535 g/mol. The lowest BCUT2D eigenvalue weighted by molar-refractivity contribution is 0.260. The van der Waals surface area contributed by atoms with Crippen LogP contribution in [0.25, 0.3) is 6.08 Å². The van der Waals surface area contributed by atoms with Gasteiger partial charge in [0.1, 0.15) is 0 Å². The predicted molar refractivity (Wildman–Crippen MR) is 171 cm³/mol. The normalized spacial score (nSPS) is 19.6. The van der Waals surface area contributed by atoms with Crippen LogP contribution in [0.15, 0.2) is 158 Å². The van der Waals surface area contributed by atoms with Gasteiger partial charge in [0.05, 0.1) is 12.1 Å². The van der Waals surface area contributed by atoms with Crippen LogP contribution in [0.5, 0.6) is 0 Å². The van der Waals surface area contributed by atoms with Crippen molar-refractivity contribution >= 4 is 13.5 Å². The van der Waals surface area contributed by atoms with Gasteiger partial charge in [-0.1, -0.05) is 158 Å². The molecule has 0 aliphatic carbocycles. The number of benzene rings is 5. The molecule has 3 atom stereocenters. The summed E-state index contributed by atoms with van der Waals surface area (Å²) in [5, 5.41) is 12.1. The minimum Gasteiger partial charge on any atom is -0.378 e. The van der Waals surface area contributed by atoms with Crippen molar-refractivity contribution in [1.82, 2.24) is 9.34 Å². The molecule has 5 aromatic rings. The second-order valence-electron chi connectivity index (χ2n) is 10.6. The summed E-state index contributed by atoms with van der Waals surface area (Å²) in [7, 11) is -3.66. The number of rotatable bonds is 9. The largest absolute Gasteiger partial charge is 0.378 e. The highest BCUT2D eigenvalue weighted by Crippen LogP contribution is 2.72. The lowest BCUT2D eigenvalue weighted by Gasteiger charge is -2.34. The van der Waals surface area contributed by atoms with Gasteiger partial charge in [-0.25, -0.2) is 9.34 Å². The highest BCUT2D eigenvalue weighted by Gasteiger charge is 2.58. The second-order valence-corrected chi connectivity index (χ2v) is 13.4. The quantitative estimate of drug-likeness (QED) is 0.180. The molecule has 4 nitrogen and oxygen atoms in total. The summed E-state index contributed by atoms with van der Waals surface area (Å²) in [6, 6.07) is 50.2. The maximum absolute atomic E-state index is 15.9. The zero-order chi connectivity index (χ0) is 28.8. The summed E-state index contributed by atoms with van der Waals surface area (Å²) in [4.78, 5) is 0. The van der Waals surface area contributed by atoms with E-state index in [1.807, 2.05) is 109 Å². The highest BCUT2D eigenvalue weighted by atomic mass is 31.2. The average Bonchev–Trinajstić information content (AvgIpc) is 3.30. The van der Waals surface area contributed by atoms with Crippen molar-refractivity contribution < 1.29 is 9.67 Å². The molecule has 1 unspecified atom stereocenters. The Bertz CT molecular complexity index is 1540. The van der Waals surface area contributed by atoms with Crippen LogP contribution in [0, 0.1) is 0 Å². The first-order valence-electron chi connectivity index (χ1n) is 14.4. The molecule has 210 valence electrons. The number of nitrogens with zero attached hydrogens (tertiary/aromatic N) is 2. The lowest BCUT2D eigenvalue weighted by atomic mass is 9.92. The third-order valence-electron chi connectivity index (χ3n) is 7.94. The van der Waals surface area contributed by atoms with Gasteiger partial charge in [0, 0.05) is 13.1 Å². The molecule has 0 saturated carbocycles. The maximum Gasteiger partial charge on any atom is 0.249 e. The standard InChI is InChI=1S/C37H35N2O2P/c40-35(27-26-30-16-6-1-7-17-30)42(41)38(28-31-18-8-2-9-19-31)36(33-22-12-4-13-23-33)37(34-24-14-5-15-25-34)39(42)29-32-20-10-3-11-21-32/h1-27,35-37,40H,28-29H2/b27-26+/t35?,36-,37-/m1/s1. The smallest absolute Gasteiger partial charge is 0.249 e. The Morgan fingerprint density at radius 3 is 1.33 bits per heavy atom. The molecule has 1 aliphatic rings. The topological polar surface area (TPSA) is 43.8 Å². The van der Waals surface area contributed by atoms with E-state index in [1.165, 1.54) is 0 Å². The minimum absolute atomic E-state index is 0.261. The van der Waals surface area contributed by atoms with Gasteiger partial charge in [0.25, 0.3) is 0 Å². The molecule has 0 radical (unpaired) electrons. The third-order valence-corrected chi connectivity index (χ3v) is 11.1. The Morgan fingerprint density at radius 2 is 0.929 bits per heavy atom. The van der Waals surface area contributed by atoms with Gasteiger partial charge >= 0.3 is 0 Å². The molecule has 1 N–H and O–H groups in total. The summed E-state index contributed by atoms with van der Waals surface area (Å²) in [6.07, 6.45) is 3.58. The molecule has 42 heavy (non-hydrogen) atoms. The minimum atomic E-state index is -3.66. The van der Waals surface area contributed by atoms with E-state index in [0.717, 1.165) is 27.8 Å². The molecule has 1 saturated heterocycles. The molecule has 0 aromatic heterocycles. The summed E-state index contributed by atoms with van der Waals surface area (Å²) in [5.74, 6) is -1.22. The molecule has 0 bridgehead atoms. The average molecular weight is 571 g/mol. The molecule has 6 rings (SSSR count). The van der Waals surface area contributed by atoms with Crippen molar-refractivity contribution in [2.24, 2.45) is 0 Å². The fourth-order valence-corrected chi connectivity index (χ4v) is 9.13. The van der Waals surface area contributed by atoms with Crippen molar-refractivity contribution in [2.75, 3.05) is 0 Å². The SMILES string of the molecule is O=P1(C(O)/C=C/c2ccccc2)N(Cc2ccccc2)[C@H](c2ccccc2)[C@@H](c2ccccc2)N1Cc1ccccc1. The molecule has 0 spiro atoms. The van der Waals surface area contributed by atoms with E-state index < -0.39 is 13.3 Å². The zero-order valence-corrected chi connectivity index (χ0v) is 24.3. The molecular formula is C37H35N2O2P. The lowest BCUT2D eigenvalue weighted by Crippen LogP contribution is -2.27. The molecule has 1 heterocycles. The van der Waals surface area contributed by atoms with Gasteiger partial charge in [0.15, 0.2) is 5.85 Å². The van der Waals surface area contributed by atoms with Crippen LogP contribution in [0.4, 0.5) is 0 Å². The Labute approximate surface area is 248 Å². The number of aliphatic hydroxyl groups is 1. The highest BCUT2D eigenvalue weighted by molar-refractivity contribution is 7.60. The summed E-state index contributed by atoms with van der Waals surface area (Å²) in [5.41, 5.74) is 5.18. The summed E-state index contributed by atoms with van der Waals surface area (Å²) >= 11 is 0. The van der Waals surface area contributed by atoms with Crippen LogP contribution in [-0.4, -0.2) is 20.3 Å². The molecule has 5 heteroatoms. The van der Waals surface area contributed by atoms with Gasteiger partial charge in [-0.15, -0.1) is 0 Å². The van der Waals surface area contributed by atoms with Crippen molar-refractivity contribution in [1.29, 1.82) is 0 Å². The van der Waals surface area contributed by atoms with Gasteiger partial charge in [-0.2, -0.15) is 0 Å². The first kappa shape index (κ1) is 28.1. The van der Waals surface area contributed by atoms with Gasteiger partial charge < -0.3 is 5.11 Å². The van der Waals surface area contributed by atoms with Crippen molar-refractivity contribution in [3.05, 3.63) is 186 Å². The van der Waals surface area contributed by atoms with E-state index in [2.05, 4.69) is 57.9 Å². The molecule has 1 fully saturated rings. The van der Waals surface area contributed by atoms with E-state index >= 15 is 4.57 Å². The van der Waals surface area contributed by atoms with Crippen LogP contribution in [-0.2, 0) is 17.7 Å². The molecule has 5 aromatic carbocycles. The van der Waals surface area contributed by atoms with E-state index in [4.69, 9.17) is 0 Å². The van der Waals surface area contributed by atoms with Gasteiger partial charge in [-0.05, 0) is 33.9 Å². The van der Waals surface area contributed by atoms with Crippen LogP contribution in [0.2, 0.25) is 0 Å². The number of hydrogen-bond acceptors (Lipinski definition) is 2.